The highest BCUT2D eigenvalue weighted by Gasteiger charge is 2.22. The van der Waals surface area contributed by atoms with E-state index in [1.807, 2.05) is 6.92 Å². The SMILES string of the molecule is CCCCC(=O)C(C)S(C)(=O)=O. The molecule has 3 nitrogen and oxygen atoms in total. The van der Waals surface area contributed by atoms with E-state index in [2.05, 4.69) is 0 Å². The van der Waals surface area contributed by atoms with Gasteiger partial charge in [0.15, 0.2) is 15.6 Å². The Hall–Kier alpha value is -0.380. The van der Waals surface area contributed by atoms with Crippen LogP contribution in [0, 0.1) is 0 Å². The van der Waals surface area contributed by atoms with Crippen LogP contribution in [-0.4, -0.2) is 25.7 Å². The summed E-state index contributed by atoms with van der Waals surface area (Å²) in [6.45, 7) is 3.42. The maximum atomic E-state index is 11.2. The van der Waals surface area contributed by atoms with E-state index in [-0.39, 0.29) is 5.78 Å². The predicted octanol–water partition coefficient (Wildman–Crippen LogP) is 1.18. The standard InChI is InChI=1S/C8H16O3S/c1-4-5-6-8(9)7(2)12(3,10)11/h7H,4-6H2,1-3H3. The molecule has 0 saturated heterocycles. The number of carbonyl (C=O) groups excluding carboxylic acids is 1. The average Bonchev–Trinajstić information content (AvgIpc) is 1.97. The molecule has 0 fully saturated rings. The van der Waals surface area contributed by atoms with Crippen molar-refractivity contribution in [2.75, 3.05) is 6.26 Å². The van der Waals surface area contributed by atoms with Gasteiger partial charge in [-0.25, -0.2) is 8.42 Å². The molecule has 0 spiro atoms. The van der Waals surface area contributed by atoms with Crippen molar-refractivity contribution in [2.45, 2.75) is 38.4 Å². The summed E-state index contributed by atoms with van der Waals surface area (Å²) in [6, 6.07) is 0. The number of hydrogen-bond donors (Lipinski definition) is 0. The zero-order valence-corrected chi connectivity index (χ0v) is 8.65. The predicted molar refractivity (Wildman–Crippen MR) is 48.8 cm³/mol. The highest BCUT2D eigenvalue weighted by molar-refractivity contribution is 7.92. The van der Waals surface area contributed by atoms with Crippen molar-refractivity contribution in [3.05, 3.63) is 0 Å². The van der Waals surface area contributed by atoms with Crippen molar-refractivity contribution >= 4 is 15.6 Å². The van der Waals surface area contributed by atoms with E-state index < -0.39 is 15.1 Å². The van der Waals surface area contributed by atoms with Crippen molar-refractivity contribution in [2.24, 2.45) is 0 Å². The van der Waals surface area contributed by atoms with Crippen molar-refractivity contribution in [1.82, 2.24) is 0 Å². The third-order valence-corrected chi connectivity index (χ3v) is 3.42. The zero-order chi connectivity index (χ0) is 9.78. The Morgan fingerprint density at radius 2 is 1.92 bits per heavy atom. The van der Waals surface area contributed by atoms with Crippen molar-refractivity contribution < 1.29 is 13.2 Å². The average molecular weight is 192 g/mol. The van der Waals surface area contributed by atoms with E-state index in [0.29, 0.717) is 6.42 Å². The quantitative estimate of drug-likeness (QED) is 0.657. The van der Waals surface area contributed by atoms with Gasteiger partial charge in [0.25, 0.3) is 0 Å². The second-order valence-corrected chi connectivity index (χ2v) is 5.41. The van der Waals surface area contributed by atoms with Crippen LogP contribution in [-0.2, 0) is 14.6 Å². The Bertz CT molecular complexity index is 241. The minimum Gasteiger partial charge on any atom is -0.298 e. The number of carbonyl (C=O) groups is 1. The summed E-state index contributed by atoms with van der Waals surface area (Å²) in [7, 11) is -3.18. The highest BCUT2D eigenvalue weighted by atomic mass is 32.2. The third-order valence-electron chi connectivity index (χ3n) is 1.87. The molecule has 4 heteroatoms. The second-order valence-electron chi connectivity index (χ2n) is 3.04. The molecule has 0 aliphatic carbocycles. The lowest BCUT2D eigenvalue weighted by atomic mass is 10.1. The molecule has 0 aromatic heterocycles. The van der Waals surface area contributed by atoms with Gasteiger partial charge in [0.1, 0.15) is 5.25 Å². The van der Waals surface area contributed by atoms with Crippen LogP contribution < -0.4 is 0 Å². The number of hydrogen-bond acceptors (Lipinski definition) is 3. The number of ketones is 1. The monoisotopic (exact) mass is 192 g/mol. The first-order valence-electron chi connectivity index (χ1n) is 4.11. The highest BCUT2D eigenvalue weighted by Crippen LogP contribution is 2.05. The van der Waals surface area contributed by atoms with Gasteiger partial charge in [-0.3, -0.25) is 4.79 Å². The van der Waals surface area contributed by atoms with E-state index in [4.69, 9.17) is 0 Å². The summed E-state index contributed by atoms with van der Waals surface area (Å²) >= 11 is 0. The van der Waals surface area contributed by atoms with Gasteiger partial charge in [0, 0.05) is 12.7 Å². The number of rotatable bonds is 5. The molecule has 1 atom stereocenters. The first-order valence-corrected chi connectivity index (χ1v) is 6.06. The number of Topliss-reactive ketones (excluding diaryl/α,β-unsaturated/α-hetero) is 1. The van der Waals surface area contributed by atoms with E-state index in [1.54, 1.807) is 0 Å². The van der Waals surface area contributed by atoms with Crippen molar-refractivity contribution in [3.63, 3.8) is 0 Å². The lowest BCUT2D eigenvalue weighted by Gasteiger charge is -2.06. The maximum absolute atomic E-state index is 11.2. The Morgan fingerprint density at radius 1 is 1.42 bits per heavy atom. The molecule has 1 unspecified atom stereocenters. The van der Waals surface area contributed by atoms with E-state index in [9.17, 15) is 13.2 Å². The summed E-state index contributed by atoms with van der Waals surface area (Å²) in [5.74, 6) is -0.167. The molecule has 0 amide bonds. The Labute approximate surface area is 74.1 Å². The summed E-state index contributed by atoms with van der Waals surface area (Å²) in [5, 5.41) is -0.830. The minimum absolute atomic E-state index is 0.167. The molecule has 72 valence electrons. The third kappa shape index (κ3) is 3.85. The van der Waals surface area contributed by atoms with Gasteiger partial charge < -0.3 is 0 Å². The molecule has 0 rings (SSSR count). The maximum Gasteiger partial charge on any atom is 0.157 e. The van der Waals surface area contributed by atoms with Crippen molar-refractivity contribution in [1.29, 1.82) is 0 Å². The van der Waals surface area contributed by atoms with Crippen LogP contribution in [0.4, 0.5) is 0 Å². The molecule has 0 aliphatic heterocycles. The summed E-state index contributed by atoms with van der Waals surface area (Å²) < 4.78 is 21.8. The lowest BCUT2D eigenvalue weighted by molar-refractivity contribution is -0.118. The molecule has 0 radical (unpaired) electrons. The van der Waals surface area contributed by atoms with Gasteiger partial charge in [-0.05, 0) is 13.3 Å². The fourth-order valence-electron chi connectivity index (χ4n) is 0.793. The Kier molecular flexibility index (Phi) is 4.45. The summed E-state index contributed by atoms with van der Waals surface area (Å²) in [5.41, 5.74) is 0. The first kappa shape index (κ1) is 11.6. The molecular formula is C8H16O3S. The van der Waals surface area contributed by atoms with Crippen LogP contribution in [0.3, 0.4) is 0 Å². The van der Waals surface area contributed by atoms with Crippen LogP contribution in [0.15, 0.2) is 0 Å². The molecular weight excluding hydrogens is 176 g/mol. The van der Waals surface area contributed by atoms with E-state index >= 15 is 0 Å². The molecule has 0 aromatic rings. The molecule has 12 heavy (non-hydrogen) atoms. The van der Waals surface area contributed by atoms with E-state index in [0.717, 1.165) is 19.1 Å². The van der Waals surface area contributed by atoms with Gasteiger partial charge in [0.05, 0.1) is 0 Å². The molecule has 0 aliphatic rings. The fourth-order valence-corrected chi connectivity index (χ4v) is 1.39. The second kappa shape index (κ2) is 4.60. The Morgan fingerprint density at radius 3 is 2.25 bits per heavy atom. The topological polar surface area (TPSA) is 51.2 Å². The largest absolute Gasteiger partial charge is 0.298 e. The van der Waals surface area contributed by atoms with Gasteiger partial charge in [-0.2, -0.15) is 0 Å². The normalized spacial score (nSPS) is 14.2. The van der Waals surface area contributed by atoms with Crippen LogP contribution in [0.1, 0.15) is 33.1 Å². The van der Waals surface area contributed by atoms with Crippen LogP contribution in [0.25, 0.3) is 0 Å². The summed E-state index contributed by atoms with van der Waals surface area (Å²) in [4.78, 5) is 11.2. The molecule has 0 aromatic carbocycles. The van der Waals surface area contributed by atoms with Gasteiger partial charge in [0.2, 0.25) is 0 Å². The molecule has 0 N–H and O–H groups in total. The first-order chi connectivity index (χ1) is 5.39. The van der Waals surface area contributed by atoms with Crippen LogP contribution >= 0.6 is 0 Å². The van der Waals surface area contributed by atoms with Crippen molar-refractivity contribution in [3.8, 4) is 0 Å². The summed E-state index contributed by atoms with van der Waals surface area (Å²) in [6.07, 6.45) is 3.17. The molecule has 0 bridgehead atoms. The fraction of sp³-hybridized carbons (Fsp3) is 0.875. The lowest BCUT2D eigenvalue weighted by Crippen LogP contribution is -2.25. The van der Waals surface area contributed by atoms with E-state index in [1.165, 1.54) is 6.92 Å². The van der Waals surface area contributed by atoms with Gasteiger partial charge in [-0.1, -0.05) is 13.3 Å². The van der Waals surface area contributed by atoms with Gasteiger partial charge in [-0.15, -0.1) is 0 Å². The zero-order valence-electron chi connectivity index (χ0n) is 7.83. The molecule has 0 saturated carbocycles. The Balaban J connectivity index is 4.12. The van der Waals surface area contributed by atoms with Gasteiger partial charge >= 0.3 is 0 Å². The number of sulfone groups is 1. The minimum atomic E-state index is -3.18. The smallest absolute Gasteiger partial charge is 0.157 e. The van der Waals surface area contributed by atoms with Crippen LogP contribution in [0.2, 0.25) is 0 Å². The van der Waals surface area contributed by atoms with Crippen LogP contribution in [0.5, 0.6) is 0 Å². The number of unbranched alkanes of at least 4 members (excludes halogenated alkanes) is 1. The molecule has 0 heterocycles.